The van der Waals surface area contributed by atoms with Crippen molar-refractivity contribution in [3.63, 3.8) is 0 Å². The van der Waals surface area contributed by atoms with Gasteiger partial charge in [-0.15, -0.1) is 0 Å². The van der Waals surface area contributed by atoms with Crippen LogP contribution in [0.1, 0.15) is 18.4 Å². The standard InChI is InChI=1S/C22H24FN3O3S/c1-25-10-7-18-14-20(5-6-21(18)25)30(28,29)26-11-8-17(9-12-26)22(27)24-15-16-3-2-4-19(23)13-16/h2-7,10,13-14,17H,8-9,11-12,15H2,1H3,(H,24,27). The second-order valence-electron chi connectivity index (χ2n) is 7.67. The predicted octanol–water partition coefficient (Wildman–Crippen LogP) is 3.03. The lowest BCUT2D eigenvalue weighted by atomic mass is 9.97. The Hall–Kier alpha value is -2.71. The van der Waals surface area contributed by atoms with Gasteiger partial charge in [-0.2, -0.15) is 4.31 Å². The van der Waals surface area contributed by atoms with Gasteiger partial charge in [0.1, 0.15) is 5.82 Å². The Kier molecular flexibility index (Phi) is 5.62. The summed E-state index contributed by atoms with van der Waals surface area (Å²) in [6.45, 7) is 0.854. The topological polar surface area (TPSA) is 71.4 Å². The molecular formula is C22H24FN3O3S. The van der Waals surface area contributed by atoms with Crippen LogP contribution in [-0.4, -0.2) is 36.3 Å². The van der Waals surface area contributed by atoms with Crippen LogP contribution in [0.4, 0.5) is 4.39 Å². The van der Waals surface area contributed by atoms with Gasteiger partial charge in [-0.3, -0.25) is 4.79 Å². The first-order chi connectivity index (χ1) is 14.3. The highest BCUT2D eigenvalue weighted by Gasteiger charge is 2.32. The van der Waals surface area contributed by atoms with Gasteiger partial charge in [0.15, 0.2) is 0 Å². The van der Waals surface area contributed by atoms with Crippen LogP contribution in [0.15, 0.2) is 59.6 Å². The van der Waals surface area contributed by atoms with E-state index >= 15 is 0 Å². The third kappa shape index (κ3) is 4.11. The lowest BCUT2D eigenvalue weighted by Crippen LogP contribution is -2.42. The molecule has 0 aliphatic carbocycles. The van der Waals surface area contributed by atoms with Crippen molar-refractivity contribution in [1.82, 2.24) is 14.2 Å². The van der Waals surface area contributed by atoms with Gasteiger partial charge in [-0.1, -0.05) is 12.1 Å². The zero-order chi connectivity index (χ0) is 21.3. The molecular weight excluding hydrogens is 405 g/mol. The maximum absolute atomic E-state index is 13.3. The van der Waals surface area contributed by atoms with Gasteiger partial charge < -0.3 is 9.88 Å². The molecule has 2 aromatic carbocycles. The molecule has 0 bridgehead atoms. The lowest BCUT2D eigenvalue weighted by Gasteiger charge is -2.30. The summed E-state index contributed by atoms with van der Waals surface area (Å²) in [5.41, 5.74) is 1.67. The summed E-state index contributed by atoms with van der Waals surface area (Å²) in [4.78, 5) is 12.7. The van der Waals surface area contributed by atoms with E-state index in [9.17, 15) is 17.6 Å². The largest absolute Gasteiger partial charge is 0.352 e. The second kappa shape index (κ2) is 8.20. The number of fused-ring (bicyclic) bond motifs is 1. The van der Waals surface area contributed by atoms with E-state index in [1.54, 1.807) is 24.3 Å². The first kappa shape index (κ1) is 20.6. The monoisotopic (exact) mass is 429 g/mol. The number of carbonyl (C=O) groups is 1. The van der Waals surface area contributed by atoms with Crippen molar-refractivity contribution in [3.05, 3.63) is 66.1 Å². The van der Waals surface area contributed by atoms with Gasteiger partial charge in [-0.25, -0.2) is 12.8 Å². The molecule has 1 saturated heterocycles. The molecule has 4 rings (SSSR count). The number of aromatic nitrogens is 1. The van der Waals surface area contributed by atoms with Crippen molar-refractivity contribution in [3.8, 4) is 0 Å². The van der Waals surface area contributed by atoms with E-state index < -0.39 is 10.0 Å². The van der Waals surface area contributed by atoms with Crippen LogP contribution in [-0.2, 0) is 28.4 Å². The van der Waals surface area contributed by atoms with E-state index in [1.807, 2.05) is 29.9 Å². The Balaban J connectivity index is 1.37. The number of halogens is 1. The number of aryl methyl sites for hydroxylation is 1. The molecule has 1 N–H and O–H groups in total. The first-order valence-corrected chi connectivity index (χ1v) is 11.4. The van der Waals surface area contributed by atoms with E-state index in [2.05, 4.69) is 5.32 Å². The number of hydrogen-bond acceptors (Lipinski definition) is 3. The molecule has 1 aliphatic rings. The molecule has 1 amide bonds. The number of hydrogen-bond donors (Lipinski definition) is 1. The number of sulfonamides is 1. The number of carbonyl (C=O) groups excluding carboxylic acids is 1. The molecule has 3 aromatic rings. The summed E-state index contributed by atoms with van der Waals surface area (Å²) in [5.74, 6) is -0.711. The van der Waals surface area contributed by atoms with E-state index in [0.717, 1.165) is 10.9 Å². The molecule has 0 unspecified atom stereocenters. The van der Waals surface area contributed by atoms with Crippen molar-refractivity contribution in [2.24, 2.45) is 13.0 Å². The van der Waals surface area contributed by atoms with Crippen LogP contribution in [0.2, 0.25) is 0 Å². The Bertz CT molecular complexity index is 1180. The normalized spacial score (nSPS) is 16.1. The fourth-order valence-electron chi connectivity index (χ4n) is 3.91. The highest BCUT2D eigenvalue weighted by molar-refractivity contribution is 7.89. The molecule has 30 heavy (non-hydrogen) atoms. The highest BCUT2D eigenvalue weighted by Crippen LogP contribution is 2.26. The molecule has 0 atom stereocenters. The zero-order valence-corrected chi connectivity index (χ0v) is 17.5. The molecule has 0 spiro atoms. The van der Waals surface area contributed by atoms with Crippen LogP contribution >= 0.6 is 0 Å². The molecule has 6 nitrogen and oxygen atoms in total. The van der Waals surface area contributed by atoms with Crippen molar-refractivity contribution >= 4 is 26.8 Å². The van der Waals surface area contributed by atoms with Crippen molar-refractivity contribution < 1.29 is 17.6 Å². The van der Waals surface area contributed by atoms with Crippen LogP contribution < -0.4 is 5.32 Å². The summed E-state index contributed by atoms with van der Waals surface area (Å²) in [5, 5.41) is 3.71. The molecule has 0 saturated carbocycles. The minimum atomic E-state index is -3.60. The molecule has 1 aromatic heterocycles. The quantitative estimate of drug-likeness (QED) is 0.678. The van der Waals surface area contributed by atoms with E-state index in [0.29, 0.717) is 31.5 Å². The number of benzene rings is 2. The van der Waals surface area contributed by atoms with Gasteiger partial charge in [0, 0.05) is 49.7 Å². The zero-order valence-electron chi connectivity index (χ0n) is 16.7. The SMILES string of the molecule is Cn1ccc2cc(S(=O)(=O)N3CCC(C(=O)NCc4cccc(F)c4)CC3)ccc21. The van der Waals surface area contributed by atoms with Gasteiger partial charge in [0.25, 0.3) is 0 Å². The van der Waals surface area contributed by atoms with Crippen LogP contribution in [0.3, 0.4) is 0 Å². The summed E-state index contributed by atoms with van der Waals surface area (Å²) in [6, 6.07) is 13.1. The van der Waals surface area contributed by atoms with E-state index in [4.69, 9.17) is 0 Å². The van der Waals surface area contributed by atoms with Crippen molar-refractivity contribution in [1.29, 1.82) is 0 Å². The lowest BCUT2D eigenvalue weighted by molar-refractivity contribution is -0.126. The Morgan fingerprint density at radius 2 is 1.90 bits per heavy atom. The summed E-state index contributed by atoms with van der Waals surface area (Å²) in [6.07, 6.45) is 2.82. The van der Waals surface area contributed by atoms with Crippen molar-refractivity contribution in [2.45, 2.75) is 24.3 Å². The maximum atomic E-state index is 13.3. The third-order valence-electron chi connectivity index (χ3n) is 5.67. The molecule has 158 valence electrons. The summed E-state index contributed by atoms with van der Waals surface area (Å²) in [7, 11) is -1.69. The predicted molar refractivity (Wildman–Crippen MR) is 113 cm³/mol. The maximum Gasteiger partial charge on any atom is 0.243 e. The molecule has 1 fully saturated rings. The van der Waals surface area contributed by atoms with Crippen LogP contribution in [0, 0.1) is 11.7 Å². The highest BCUT2D eigenvalue weighted by atomic mass is 32.2. The second-order valence-corrected chi connectivity index (χ2v) is 9.61. The van der Waals surface area contributed by atoms with E-state index in [-0.39, 0.29) is 29.1 Å². The number of nitrogens with one attached hydrogen (secondary N) is 1. The van der Waals surface area contributed by atoms with E-state index in [1.165, 1.54) is 16.4 Å². The van der Waals surface area contributed by atoms with Crippen LogP contribution in [0.5, 0.6) is 0 Å². The molecule has 8 heteroatoms. The minimum absolute atomic E-state index is 0.123. The smallest absolute Gasteiger partial charge is 0.243 e. The summed E-state index contributed by atoms with van der Waals surface area (Å²) >= 11 is 0. The number of nitrogens with zero attached hydrogens (tertiary/aromatic N) is 2. The van der Waals surface area contributed by atoms with Crippen LogP contribution in [0.25, 0.3) is 10.9 Å². The van der Waals surface area contributed by atoms with Gasteiger partial charge in [-0.05, 0) is 54.8 Å². The number of piperidine rings is 1. The third-order valence-corrected chi connectivity index (χ3v) is 7.57. The fraction of sp³-hybridized carbons (Fsp3) is 0.318. The number of amides is 1. The average Bonchev–Trinajstić information content (AvgIpc) is 3.12. The van der Waals surface area contributed by atoms with Gasteiger partial charge in [0.2, 0.25) is 15.9 Å². The molecule has 2 heterocycles. The molecule has 0 radical (unpaired) electrons. The summed E-state index contributed by atoms with van der Waals surface area (Å²) < 4.78 is 42.7. The minimum Gasteiger partial charge on any atom is -0.352 e. The van der Waals surface area contributed by atoms with Gasteiger partial charge in [0.05, 0.1) is 4.90 Å². The van der Waals surface area contributed by atoms with Gasteiger partial charge >= 0.3 is 0 Å². The Labute approximate surface area is 175 Å². The number of rotatable bonds is 5. The average molecular weight is 430 g/mol. The fourth-order valence-corrected chi connectivity index (χ4v) is 5.41. The molecule has 1 aliphatic heterocycles. The van der Waals surface area contributed by atoms with Crippen molar-refractivity contribution in [2.75, 3.05) is 13.1 Å². The Morgan fingerprint density at radius 1 is 1.13 bits per heavy atom. The first-order valence-electron chi connectivity index (χ1n) is 9.92. The Morgan fingerprint density at radius 3 is 2.63 bits per heavy atom.